The summed E-state index contributed by atoms with van der Waals surface area (Å²) in [4.78, 5) is 23.2. The highest BCUT2D eigenvalue weighted by molar-refractivity contribution is 6.30. The molecule has 0 aliphatic heterocycles. The van der Waals surface area contributed by atoms with Gasteiger partial charge in [0.05, 0.1) is 6.10 Å². The van der Waals surface area contributed by atoms with Crippen LogP contribution < -0.4 is 15.4 Å². The van der Waals surface area contributed by atoms with Crippen LogP contribution in [0.3, 0.4) is 0 Å². The van der Waals surface area contributed by atoms with Crippen LogP contribution >= 0.6 is 11.6 Å². The summed E-state index contributed by atoms with van der Waals surface area (Å²) in [5.41, 5.74) is 0.520. The quantitative estimate of drug-likeness (QED) is 0.675. The van der Waals surface area contributed by atoms with Crippen molar-refractivity contribution in [3.8, 4) is 5.75 Å². The highest BCUT2D eigenvalue weighted by Gasteiger charge is 2.06. The van der Waals surface area contributed by atoms with E-state index in [4.69, 9.17) is 21.1 Å². The molecule has 0 saturated heterocycles. The Balaban J connectivity index is 2.14. The van der Waals surface area contributed by atoms with E-state index in [0.717, 1.165) is 0 Å². The van der Waals surface area contributed by atoms with E-state index >= 15 is 0 Å². The Hall–Kier alpha value is -2.05. The van der Waals surface area contributed by atoms with Crippen molar-refractivity contribution in [2.75, 3.05) is 19.8 Å². The van der Waals surface area contributed by atoms with Gasteiger partial charge in [0.25, 0.3) is 5.91 Å². The average molecular weight is 355 g/mol. The Kier molecular flexibility index (Phi) is 8.89. The summed E-state index contributed by atoms with van der Waals surface area (Å²) in [5, 5.41) is 5.91. The van der Waals surface area contributed by atoms with Crippen LogP contribution in [0.1, 0.15) is 20.3 Å². The number of carbonyl (C=O) groups is 2. The molecule has 0 spiro atoms. The van der Waals surface area contributed by atoms with Gasteiger partial charge in [0.2, 0.25) is 5.91 Å². The van der Waals surface area contributed by atoms with E-state index in [1.165, 1.54) is 0 Å². The Morgan fingerprint density at radius 1 is 1.17 bits per heavy atom. The van der Waals surface area contributed by atoms with Crippen molar-refractivity contribution in [3.05, 3.63) is 41.6 Å². The molecule has 0 aliphatic carbocycles. The molecule has 0 fully saturated rings. The topological polar surface area (TPSA) is 76.7 Å². The third-order valence-corrected chi connectivity index (χ3v) is 3.05. The Morgan fingerprint density at radius 3 is 2.46 bits per heavy atom. The lowest BCUT2D eigenvalue weighted by molar-refractivity contribution is -0.126. The third kappa shape index (κ3) is 9.17. The molecule has 7 heteroatoms. The molecule has 2 N–H and O–H groups in total. The predicted octanol–water partition coefficient (Wildman–Crippen LogP) is 2.28. The molecule has 0 atom stereocenters. The largest absolute Gasteiger partial charge is 0.484 e. The van der Waals surface area contributed by atoms with E-state index in [2.05, 4.69) is 17.2 Å². The van der Waals surface area contributed by atoms with E-state index in [-0.39, 0.29) is 31.1 Å². The van der Waals surface area contributed by atoms with E-state index in [1.807, 2.05) is 13.8 Å². The average Bonchev–Trinajstić information content (AvgIpc) is 2.52. The van der Waals surface area contributed by atoms with Crippen LogP contribution in [0.4, 0.5) is 0 Å². The number of benzene rings is 1. The van der Waals surface area contributed by atoms with Gasteiger partial charge in [0, 0.05) is 23.7 Å². The molecule has 1 rings (SSSR count). The van der Waals surface area contributed by atoms with Crippen molar-refractivity contribution in [1.82, 2.24) is 10.6 Å². The maximum Gasteiger partial charge on any atom is 0.257 e. The highest BCUT2D eigenvalue weighted by Crippen LogP contribution is 2.15. The van der Waals surface area contributed by atoms with Crippen molar-refractivity contribution in [3.63, 3.8) is 0 Å². The number of carbonyl (C=O) groups excluding carboxylic acids is 2. The van der Waals surface area contributed by atoms with Gasteiger partial charge in [0.1, 0.15) is 12.4 Å². The van der Waals surface area contributed by atoms with Crippen molar-refractivity contribution < 1.29 is 19.1 Å². The first-order valence-electron chi connectivity index (χ1n) is 7.61. The van der Waals surface area contributed by atoms with Gasteiger partial charge in [-0.15, -0.1) is 0 Å². The number of ether oxygens (including phenoxy) is 2. The van der Waals surface area contributed by atoms with E-state index in [0.29, 0.717) is 29.4 Å². The smallest absolute Gasteiger partial charge is 0.257 e. The number of halogens is 1. The zero-order valence-corrected chi connectivity index (χ0v) is 14.7. The zero-order chi connectivity index (χ0) is 17.9. The fourth-order valence-electron chi connectivity index (χ4n) is 1.62. The van der Waals surface area contributed by atoms with Crippen LogP contribution in [0.2, 0.25) is 5.02 Å². The molecular weight excluding hydrogens is 332 g/mol. The summed E-state index contributed by atoms with van der Waals surface area (Å²) in [7, 11) is 0. The molecule has 0 saturated carbocycles. The van der Waals surface area contributed by atoms with Gasteiger partial charge in [0.15, 0.2) is 6.61 Å². The SMILES string of the molecule is C=C(CCNC(=O)COc1ccc(Cl)cc1)NC(=O)COC(C)C. The normalized spacial score (nSPS) is 10.3. The summed E-state index contributed by atoms with van der Waals surface area (Å²) >= 11 is 5.76. The van der Waals surface area contributed by atoms with Gasteiger partial charge in [-0.2, -0.15) is 0 Å². The number of hydrogen-bond acceptors (Lipinski definition) is 4. The molecule has 0 aromatic heterocycles. The first-order valence-corrected chi connectivity index (χ1v) is 7.99. The molecule has 0 unspecified atom stereocenters. The lowest BCUT2D eigenvalue weighted by Gasteiger charge is -2.11. The maximum absolute atomic E-state index is 11.7. The molecule has 0 aliphatic rings. The molecule has 0 heterocycles. The minimum Gasteiger partial charge on any atom is -0.484 e. The second-order valence-electron chi connectivity index (χ2n) is 5.35. The maximum atomic E-state index is 11.7. The van der Waals surface area contributed by atoms with Crippen LogP contribution in [-0.4, -0.2) is 37.7 Å². The standard InChI is InChI=1S/C17H23ClN2O4/c1-12(2)23-11-17(22)20-13(3)8-9-19-16(21)10-24-15-6-4-14(18)5-7-15/h4-7,12H,3,8-11H2,1-2H3,(H,19,21)(H,20,22). The molecule has 132 valence electrons. The summed E-state index contributed by atoms with van der Waals surface area (Å²) in [6.07, 6.45) is 0.420. The fourth-order valence-corrected chi connectivity index (χ4v) is 1.75. The number of nitrogens with one attached hydrogen (secondary N) is 2. The van der Waals surface area contributed by atoms with Crippen LogP contribution in [0.5, 0.6) is 5.75 Å². The van der Waals surface area contributed by atoms with Crippen LogP contribution in [0.15, 0.2) is 36.5 Å². The van der Waals surface area contributed by atoms with Gasteiger partial charge in [-0.25, -0.2) is 0 Å². The van der Waals surface area contributed by atoms with Crippen molar-refractivity contribution >= 4 is 23.4 Å². The fraction of sp³-hybridized carbons (Fsp3) is 0.412. The second-order valence-corrected chi connectivity index (χ2v) is 5.79. The van der Waals surface area contributed by atoms with Gasteiger partial charge in [-0.3, -0.25) is 9.59 Å². The minimum absolute atomic E-state index is 0.0102. The molecule has 1 aromatic rings. The monoisotopic (exact) mass is 354 g/mol. The van der Waals surface area contributed by atoms with Gasteiger partial charge >= 0.3 is 0 Å². The van der Waals surface area contributed by atoms with E-state index in [9.17, 15) is 9.59 Å². The summed E-state index contributed by atoms with van der Waals surface area (Å²) in [5.74, 6) is 0.0506. The Bertz CT molecular complexity index is 558. The Labute approximate surface area is 147 Å². The molecule has 1 aromatic carbocycles. The highest BCUT2D eigenvalue weighted by atomic mass is 35.5. The van der Waals surface area contributed by atoms with E-state index in [1.54, 1.807) is 24.3 Å². The van der Waals surface area contributed by atoms with Gasteiger partial charge < -0.3 is 20.1 Å². The summed E-state index contributed by atoms with van der Waals surface area (Å²) in [6.45, 7) is 7.68. The molecule has 0 bridgehead atoms. The predicted molar refractivity (Wildman–Crippen MR) is 92.9 cm³/mol. The first kappa shape index (κ1) is 20.0. The van der Waals surface area contributed by atoms with Crippen LogP contribution in [-0.2, 0) is 14.3 Å². The molecule has 6 nitrogen and oxygen atoms in total. The molecule has 24 heavy (non-hydrogen) atoms. The summed E-state index contributed by atoms with van der Waals surface area (Å²) in [6, 6.07) is 6.74. The number of hydrogen-bond donors (Lipinski definition) is 2. The molecule has 0 radical (unpaired) electrons. The first-order chi connectivity index (χ1) is 11.4. The third-order valence-electron chi connectivity index (χ3n) is 2.80. The zero-order valence-electron chi connectivity index (χ0n) is 13.9. The van der Waals surface area contributed by atoms with Gasteiger partial charge in [-0.05, 0) is 38.1 Å². The van der Waals surface area contributed by atoms with Crippen molar-refractivity contribution in [1.29, 1.82) is 0 Å². The van der Waals surface area contributed by atoms with Crippen LogP contribution in [0.25, 0.3) is 0 Å². The number of amides is 2. The molecular formula is C17H23ClN2O4. The lowest BCUT2D eigenvalue weighted by atomic mass is 10.3. The van der Waals surface area contributed by atoms with Crippen molar-refractivity contribution in [2.45, 2.75) is 26.4 Å². The van der Waals surface area contributed by atoms with Gasteiger partial charge in [-0.1, -0.05) is 18.2 Å². The number of rotatable bonds is 10. The minimum atomic E-state index is -0.258. The molecule has 2 amide bonds. The summed E-state index contributed by atoms with van der Waals surface area (Å²) < 4.78 is 10.5. The van der Waals surface area contributed by atoms with Crippen LogP contribution in [0, 0.1) is 0 Å². The van der Waals surface area contributed by atoms with Crippen molar-refractivity contribution in [2.24, 2.45) is 0 Å². The lowest BCUT2D eigenvalue weighted by Crippen LogP contribution is -2.32. The Morgan fingerprint density at radius 2 is 1.83 bits per heavy atom. The van der Waals surface area contributed by atoms with E-state index < -0.39 is 0 Å². The second kappa shape index (κ2) is 10.7.